The van der Waals surface area contributed by atoms with Crippen molar-refractivity contribution < 1.29 is 47.7 Å². The third kappa shape index (κ3) is 74.2. The number of nitrogens with zero attached hydrogens (tertiary/aromatic N) is 2. The number of rotatable bonds is 87. The summed E-state index contributed by atoms with van der Waals surface area (Å²) < 4.78 is 23.7. The van der Waals surface area contributed by atoms with Crippen LogP contribution in [0.1, 0.15) is 486 Å². The van der Waals surface area contributed by atoms with Crippen LogP contribution in [0.4, 0.5) is 0 Å². The van der Waals surface area contributed by atoms with Crippen LogP contribution in [0.25, 0.3) is 0 Å². The van der Waals surface area contributed by atoms with Crippen molar-refractivity contribution in [1.82, 2.24) is 20.4 Å². The van der Waals surface area contributed by atoms with Gasteiger partial charge >= 0.3 is 23.9 Å². The molecule has 0 spiro atoms. The van der Waals surface area contributed by atoms with E-state index in [1.165, 1.54) is 218 Å². The number of esters is 4. The summed E-state index contributed by atoms with van der Waals surface area (Å²) in [6, 6.07) is 0. The fourth-order valence-electron chi connectivity index (χ4n) is 14.9. The molecule has 638 valence electrons. The topological polar surface area (TPSA) is 170 Å². The highest BCUT2D eigenvalue weighted by Gasteiger charge is 2.29. The van der Waals surface area contributed by atoms with Crippen LogP contribution in [-0.4, -0.2) is 123 Å². The molecule has 2 N–H and O–H groups in total. The average molecular weight is 1530 g/mol. The van der Waals surface area contributed by atoms with E-state index in [0.717, 1.165) is 206 Å². The fraction of sp³-hybridized carbons (Fsp3) is 0.936. The Bertz CT molecular complexity index is 1960. The molecule has 2 amide bonds. The highest BCUT2D eigenvalue weighted by atomic mass is 16.6. The zero-order valence-electron chi connectivity index (χ0n) is 73.1. The van der Waals surface area contributed by atoms with Gasteiger partial charge < -0.3 is 39.4 Å². The van der Waals surface area contributed by atoms with E-state index in [1.807, 2.05) is 13.8 Å². The molecule has 0 heterocycles. The Morgan fingerprint density at radius 3 is 0.843 bits per heavy atom. The number of carbonyl (C=O) groups excluding carboxylic acids is 6. The number of ether oxygens (including phenoxy) is 4. The SMILES string of the molecule is CCCCCCCCCCCOC(=O)CCCCCN(CCCCCCCC(=O)OC(CCCCCCCC)CCCCCCCC)CCNC(=O)CCC(=O)NCCN(CCCCCCCC(=O)OC(CCCCCCCC)CCCCCCCC)CCCCC(C)(C)C(=O)OCCCCCCCCCCC. The van der Waals surface area contributed by atoms with Gasteiger partial charge in [0.1, 0.15) is 12.2 Å². The minimum atomic E-state index is -0.546. The van der Waals surface area contributed by atoms with Crippen molar-refractivity contribution >= 4 is 35.7 Å². The first-order valence-corrected chi connectivity index (χ1v) is 47.4. The number of nitrogens with one attached hydrogen (secondary N) is 2. The minimum absolute atomic E-state index is 0.0269. The van der Waals surface area contributed by atoms with Crippen LogP contribution in [0.3, 0.4) is 0 Å². The molecule has 0 aliphatic rings. The first-order valence-electron chi connectivity index (χ1n) is 47.4. The third-order valence-electron chi connectivity index (χ3n) is 22.3. The van der Waals surface area contributed by atoms with Crippen LogP contribution in [-0.2, 0) is 47.7 Å². The number of hydrogen-bond acceptors (Lipinski definition) is 12. The van der Waals surface area contributed by atoms with Gasteiger partial charge in [0, 0.05) is 58.3 Å². The van der Waals surface area contributed by atoms with Crippen LogP contribution in [0.15, 0.2) is 0 Å². The van der Waals surface area contributed by atoms with Gasteiger partial charge in [-0.1, -0.05) is 324 Å². The standard InChI is InChI=1S/C94H182N4O10/c1-9-15-21-27-33-35-37-49-64-84-105-90(101)70-58-51-62-80-97(78-60-47-39-45-56-71-91(102)107-86(66-52-41-29-23-17-11-3)67-53-42-30-24-18-12-4)82-76-95-88(99)73-74-89(100)96-77-83-98(81-63-59-75-94(7,8)93(104)106-85-65-50-38-36-34-28-22-16-10-2)79-61-48-40-46-57-72-92(103)108-87(68-54-43-31-25-19-13-5)69-55-44-32-26-20-14-6/h86-87H,9-85H2,1-8H3,(H,95,99)(H,96,100). The summed E-state index contributed by atoms with van der Waals surface area (Å²) in [4.78, 5) is 83.6. The van der Waals surface area contributed by atoms with Crippen LogP contribution >= 0.6 is 0 Å². The van der Waals surface area contributed by atoms with Crippen molar-refractivity contribution in [2.75, 3.05) is 65.6 Å². The molecule has 0 aromatic rings. The molecule has 14 heteroatoms. The van der Waals surface area contributed by atoms with Crippen LogP contribution in [0, 0.1) is 5.41 Å². The van der Waals surface area contributed by atoms with Gasteiger partial charge in [0.05, 0.1) is 18.6 Å². The minimum Gasteiger partial charge on any atom is -0.466 e. The van der Waals surface area contributed by atoms with E-state index in [0.29, 0.717) is 58.7 Å². The molecule has 0 saturated carbocycles. The lowest BCUT2D eigenvalue weighted by atomic mass is 9.87. The molecule has 0 unspecified atom stereocenters. The van der Waals surface area contributed by atoms with Gasteiger partial charge in [-0.05, 0) is 156 Å². The average Bonchev–Trinajstić information content (AvgIpc) is 0.887. The first-order chi connectivity index (χ1) is 52.7. The molecule has 0 fully saturated rings. The molecule has 0 aromatic carbocycles. The lowest BCUT2D eigenvalue weighted by molar-refractivity contribution is -0.154. The monoisotopic (exact) mass is 1530 g/mol. The van der Waals surface area contributed by atoms with Crippen molar-refractivity contribution in [3.05, 3.63) is 0 Å². The molecule has 14 nitrogen and oxygen atoms in total. The van der Waals surface area contributed by atoms with E-state index in [-0.39, 0.29) is 60.7 Å². The second-order valence-electron chi connectivity index (χ2n) is 33.5. The zero-order chi connectivity index (χ0) is 79.0. The second-order valence-corrected chi connectivity index (χ2v) is 33.5. The number of carbonyl (C=O) groups is 6. The van der Waals surface area contributed by atoms with Gasteiger partial charge in [-0.2, -0.15) is 0 Å². The smallest absolute Gasteiger partial charge is 0.311 e. The zero-order valence-corrected chi connectivity index (χ0v) is 73.1. The molecule has 0 aliphatic carbocycles. The molecule has 108 heavy (non-hydrogen) atoms. The fourth-order valence-corrected chi connectivity index (χ4v) is 14.9. The summed E-state index contributed by atoms with van der Waals surface area (Å²) in [5, 5.41) is 6.24. The third-order valence-corrected chi connectivity index (χ3v) is 22.3. The van der Waals surface area contributed by atoms with E-state index < -0.39 is 5.41 Å². The highest BCUT2D eigenvalue weighted by molar-refractivity contribution is 5.83. The summed E-state index contributed by atoms with van der Waals surface area (Å²) >= 11 is 0. The number of amides is 2. The Labute approximate surface area is 669 Å². The number of hydrogen-bond donors (Lipinski definition) is 2. The van der Waals surface area contributed by atoms with Gasteiger partial charge in [0.15, 0.2) is 0 Å². The molecule has 0 atom stereocenters. The molecule has 0 aromatic heterocycles. The van der Waals surface area contributed by atoms with Crippen molar-refractivity contribution in [3.63, 3.8) is 0 Å². The Morgan fingerprint density at radius 1 is 0.269 bits per heavy atom. The first kappa shape index (κ1) is 105. The predicted molar refractivity (Wildman–Crippen MR) is 458 cm³/mol. The van der Waals surface area contributed by atoms with Crippen LogP contribution in [0.5, 0.6) is 0 Å². The summed E-state index contributed by atoms with van der Waals surface area (Å²) in [5.74, 6) is -0.488. The number of unbranched alkanes of at least 4 members (excludes halogenated alkanes) is 47. The van der Waals surface area contributed by atoms with Gasteiger partial charge in [0.2, 0.25) is 11.8 Å². The van der Waals surface area contributed by atoms with Crippen molar-refractivity contribution in [2.45, 2.75) is 498 Å². The van der Waals surface area contributed by atoms with Gasteiger partial charge in [-0.15, -0.1) is 0 Å². The largest absolute Gasteiger partial charge is 0.466 e. The Kier molecular flexibility index (Phi) is 79.3. The molecule has 0 bridgehead atoms. The quantitative estimate of drug-likeness (QED) is 0.0336. The molecule has 0 aliphatic heterocycles. The summed E-state index contributed by atoms with van der Waals surface area (Å²) in [7, 11) is 0. The lowest BCUT2D eigenvalue weighted by Gasteiger charge is -2.25. The maximum absolute atomic E-state index is 13.3. The van der Waals surface area contributed by atoms with E-state index in [9.17, 15) is 28.8 Å². The summed E-state index contributed by atoms with van der Waals surface area (Å²) in [6.07, 6.45) is 73.3. The van der Waals surface area contributed by atoms with E-state index >= 15 is 0 Å². The van der Waals surface area contributed by atoms with Crippen LogP contribution in [0.2, 0.25) is 0 Å². The second kappa shape index (κ2) is 81.7. The molecular weight excluding hydrogens is 1350 g/mol. The summed E-state index contributed by atoms with van der Waals surface area (Å²) in [6.45, 7) is 24.6. The predicted octanol–water partition coefficient (Wildman–Crippen LogP) is 26.0. The van der Waals surface area contributed by atoms with Gasteiger partial charge in [-0.3, -0.25) is 28.8 Å². The summed E-state index contributed by atoms with van der Waals surface area (Å²) in [5.41, 5.74) is -0.546. The lowest BCUT2D eigenvalue weighted by Crippen LogP contribution is -2.38. The molecule has 0 saturated heterocycles. The van der Waals surface area contributed by atoms with E-state index in [1.54, 1.807) is 0 Å². The van der Waals surface area contributed by atoms with Gasteiger partial charge in [0.25, 0.3) is 0 Å². The molecule has 0 rings (SSSR count). The molecule has 0 radical (unpaired) electrons. The van der Waals surface area contributed by atoms with E-state index in [4.69, 9.17) is 18.9 Å². The Hall–Kier alpha value is -3.26. The Morgan fingerprint density at radius 2 is 0.519 bits per heavy atom. The maximum Gasteiger partial charge on any atom is 0.311 e. The Balaban J connectivity index is 5.50. The van der Waals surface area contributed by atoms with E-state index in [2.05, 4.69) is 62.0 Å². The normalized spacial score (nSPS) is 11.8. The van der Waals surface area contributed by atoms with Crippen molar-refractivity contribution in [3.8, 4) is 0 Å². The maximum atomic E-state index is 13.3. The highest BCUT2D eigenvalue weighted by Crippen LogP contribution is 2.27. The van der Waals surface area contributed by atoms with Gasteiger partial charge in [-0.25, -0.2) is 0 Å². The van der Waals surface area contributed by atoms with Crippen molar-refractivity contribution in [2.24, 2.45) is 5.41 Å². The van der Waals surface area contributed by atoms with Crippen LogP contribution < -0.4 is 10.6 Å². The van der Waals surface area contributed by atoms with Crippen molar-refractivity contribution in [1.29, 1.82) is 0 Å². The molecular formula is C94H182N4O10.